The first-order valence-corrected chi connectivity index (χ1v) is 7.48. The van der Waals surface area contributed by atoms with Crippen LogP contribution in [0.3, 0.4) is 0 Å². The minimum atomic E-state index is 0.670. The molecular formula is C20H11N3. The summed E-state index contributed by atoms with van der Waals surface area (Å²) in [5, 5.41) is 12.5. The highest BCUT2D eigenvalue weighted by Gasteiger charge is 2.13. The monoisotopic (exact) mass is 293 g/mol. The molecule has 0 amide bonds. The van der Waals surface area contributed by atoms with E-state index in [9.17, 15) is 5.26 Å². The molecule has 0 unspecified atom stereocenters. The second-order valence-electron chi connectivity index (χ2n) is 5.65. The first kappa shape index (κ1) is 12.2. The van der Waals surface area contributed by atoms with Crippen molar-refractivity contribution in [3.8, 4) is 6.07 Å². The molecule has 0 spiro atoms. The van der Waals surface area contributed by atoms with Gasteiger partial charge in [0.1, 0.15) is 5.65 Å². The van der Waals surface area contributed by atoms with Gasteiger partial charge in [0.15, 0.2) is 0 Å². The second kappa shape index (κ2) is 4.31. The largest absolute Gasteiger partial charge is 0.292 e. The maximum atomic E-state index is 9.23. The first-order valence-electron chi connectivity index (χ1n) is 7.48. The minimum absolute atomic E-state index is 0.670. The molecule has 2 aromatic heterocycles. The Bertz CT molecular complexity index is 1270. The van der Waals surface area contributed by atoms with E-state index >= 15 is 0 Å². The van der Waals surface area contributed by atoms with Gasteiger partial charge >= 0.3 is 0 Å². The Hall–Kier alpha value is -3.38. The third-order valence-corrected chi connectivity index (χ3v) is 4.39. The Morgan fingerprint density at radius 1 is 0.783 bits per heavy atom. The van der Waals surface area contributed by atoms with Gasteiger partial charge in [-0.3, -0.25) is 4.40 Å². The van der Waals surface area contributed by atoms with Crippen molar-refractivity contribution in [1.82, 2.24) is 9.38 Å². The summed E-state index contributed by atoms with van der Waals surface area (Å²) >= 11 is 0. The van der Waals surface area contributed by atoms with Crippen LogP contribution in [0, 0.1) is 11.3 Å². The van der Waals surface area contributed by atoms with Crippen molar-refractivity contribution in [2.75, 3.05) is 0 Å². The van der Waals surface area contributed by atoms with Crippen LogP contribution in [0.2, 0.25) is 0 Å². The summed E-state index contributed by atoms with van der Waals surface area (Å²) in [5.41, 5.74) is 4.80. The van der Waals surface area contributed by atoms with E-state index in [-0.39, 0.29) is 0 Å². The number of para-hydroxylation sites is 3. The molecule has 0 atom stereocenters. The summed E-state index contributed by atoms with van der Waals surface area (Å²) < 4.78 is 2.21. The van der Waals surface area contributed by atoms with Crippen molar-refractivity contribution >= 4 is 38.4 Å². The van der Waals surface area contributed by atoms with Crippen LogP contribution >= 0.6 is 0 Å². The molecule has 3 aromatic carbocycles. The van der Waals surface area contributed by atoms with Crippen molar-refractivity contribution in [3.05, 3.63) is 72.3 Å². The molecule has 5 rings (SSSR count). The van der Waals surface area contributed by atoms with Gasteiger partial charge in [-0.1, -0.05) is 30.3 Å². The quantitative estimate of drug-likeness (QED) is 0.389. The molecule has 0 saturated carbocycles. The molecule has 0 aliphatic heterocycles. The number of rotatable bonds is 0. The van der Waals surface area contributed by atoms with Crippen LogP contribution in [0.25, 0.3) is 38.4 Å². The van der Waals surface area contributed by atoms with E-state index in [4.69, 9.17) is 4.98 Å². The average Bonchev–Trinajstić information content (AvgIpc) is 3.01. The normalized spacial score (nSPS) is 11.4. The van der Waals surface area contributed by atoms with Crippen LogP contribution in [0.4, 0.5) is 0 Å². The summed E-state index contributed by atoms with van der Waals surface area (Å²) in [4.78, 5) is 4.83. The molecule has 0 saturated heterocycles. The molecule has 106 valence electrons. The van der Waals surface area contributed by atoms with Gasteiger partial charge < -0.3 is 0 Å². The van der Waals surface area contributed by atoms with Crippen molar-refractivity contribution in [2.45, 2.75) is 0 Å². The van der Waals surface area contributed by atoms with Gasteiger partial charge in [0.05, 0.1) is 28.2 Å². The number of imidazole rings is 1. The maximum absolute atomic E-state index is 9.23. The predicted molar refractivity (Wildman–Crippen MR) is 92.4 cm³/mol. The van der Waals surface area contributed by atoms with Crippen LogP contribution in [-0.2, 0) is 0 Å². The molecule has 23 heavy (non-hydrogen) atoms. The molecule has 0 N–H and O–H groups in total. The molecular weight excluding hydrogens is 282 g/mol. The molecule has 3 nitrogen and oxygen atoms in total. The van der Waals surface area contributed by atoms with Gasteiger partial charge in [-0.2, -0.15) is 5.26 Å². The number of benzene rings is 3. The molecule has 0 radical (unpaired) electrons. The number of hydrogen-bond acceptors (Lipinski definition) is 2. The minimum Gasteiger partial charge on any atom is -0.292 e. The van der Waals surface area contributed by atoms with Crippen molar-refractivity contribution < 1.29 is 0 Å². The molecule has 3 heteroatoms. The molecule has 0 aliphatic rings. The lowest BCUT2D eigenvalue weighted by atomic mass is 10.0. The van der Waals surface area contributed by atoms with Gasteiger partial charge in [-0.05, 0) is 41.8 Å². The number of aromatic nitrogens is 2. The Morgan fingerprint density at radius 2 is 1.57 bits per heavy atom. The van der Waals surface area contributed by atoms with Crippen molar-refractivity contribution in [1.29, 1.82) is 5.26 Å². The fraction of sp³-hybridized carbons (Fsp3) is 0. The van der Waals surface area contributed by atoms with Crippen LogP contribution in [-0.4, -0.2) is 9.38 Å². The number of fused-ring (bicyclic) bond motifs is 8. The zero-order valence-corrected chi connectivity index (χ0v) is 12.2. The van der Waals surface area contributed by atoms with Crippen LogP contribution in [0.15, 0.2) is 66.7 Å². The zero-order valence-electron chi connectivity index (χ0n) is 12.2. The molecule has 0 bridgehead atoms. The van der Waals surface area contributed by atoms with E-state index in [0.29, 0.717) is 5.56 Å². The fourth-order valence-electron chi connectivity index (χ4n) is 3.38. The lowest BCUT2D eigenvalue weighted by Crippen LogP contribution is -1.91. The van der Waals surface area contributed by atoms with Gasteiger partial charge in [-0.15, -0.1) is 0 Å². The van der Waals surface area contributed by atoms with Crippen molar-refractivity contribution in [2.24, 2.45) is 0 Å². The third-order valence-electron chi connectivity index (χ3n) is 4.39. The molecule has 0 fully saturated rings. The summed E-state index contributed by atoms with van der Waals surface area (Å²) in [6.07, 6.45) is 0. The maximum Gasteiger partial charge on any atom is 0.146 e. The standard InChI is InChI=1S/C20H11N3/c21-12-13-9-10-15-16(11-13)14-5-1-3-7-18(14)23-19-8-4-2-6-17(19)22-20(15)23/h1-11H. The van der Waals surface area contributed by atoms with E-state index in [0.717, 1.165) is 38.4 Å². The Labute approximate surface area is 132 Å². The van der Waals surface area contributed by atoms with E-state index in [1.165, 1.54) is 0 Å². The van der Waals surface area contributed by atoms with Crippen molar-refractivity contribution in [3.63, 3.8) is 0 Å². The molecule has 0 aliphatic carbocycles. The predicted octanol–water partition coefficient (Wildman–Crippen LogP) is 4.67. The van der Waals surface area contributed by atoms with Crippen LogP contribution in [0.1, 0.15) is 5.56 Å². The summed E-state index contributed by atoms with van der Waals surface area (Å²) in [7, 11) is 0. The lowest BCUT2D eigenvalue weighted by Gasteiger charge is -2.09. The van der Waals surface area contributed by atoms with Gasteiger partial charge in [0, 0.05) is 10.8 Å². The zero-order chi connectivity index (χ0) is 15.4. The van der Waals surface area contributed by atoms with E-state index in [1.54, 1.807) is 0 Å². The number of nitrogens with zero attached hydrogens (tertiary/aromatic N) is 3. The van der Waals surface area contributed by atoms with E-state index in [1.807, 2.05) is 48.5 Å². The first-order chi connectivity index (χ1) is 11.4. The summed E-state index contributed by atoms with van der Waals surface area (Å²) in [5.74, 6) is 0. The number of pyridine rings is 1. The average molecular weight is 293 g/mol. The SMILES string of the molecule is N#Cc1ccc2c(c1)c1ccccc1n1c3ccccc3nc21. The fourth-order valence-corrected chi connectivity index (χ4v) is 3.38. The van der Waals surface area contributed by atoms with Gasteiger partial charge in [0.25, 0.3) is 0 Å². The molecule has 5 aromatic rings. The topological polar surface area (TPSA) is 41.1 Å². The van der Waals surface area contributed by atoms with Crippen LogP contribution < -0.4 is 0 Å². The Morgan fingerprint density at radius 3 is 2.43 bits per heavy atom. The highest BCUT2D eigenvalue weighted by molar-refractivity contribution is 6.14. The van der Waals surface area contributed by atoms with E-state index < -0.39 is 0 Å². The number of nitriles is 1. The highest BCUT2D eigenvalue weighted by Crippen LogP contribution is 2.32. The van der Waals surface area contributed by atoms with Gasteiger partial charge in [0.2, 0.25) is 0 Å². The highest BCUT2D eigenvalue weighted by atomic mass is 15.0. The van der Waals surface area contributed by atoms with Gasteiger partial charge in [-0.25, -0.2) is 4.98 Å². The third kappa shape index (κ3) is 1.55. The number of hydrogen-bond donors (Lipinski definition) is 0. The Balaban J connectivity index is 2.18. The summed E-state index contributed by atoms with van der Waals surface area (Å²) in [6.45, 7) is 0. The van der Waals surface area contributed by atoms with E-state index in [2.05, 4.69) is 28.7 Å². The van der Waals surface area contributed by atoms with Crippen LogP contribution in [0.5, 0.6) is 0 Å². The molecule has 2 heterocycles. The Kier molecular flexibility index (Phi) is 2.29. The summed E-state index contributed by atoms with van der Waals surface area (Å²) in [6, 6.07) is 24.5. The second-order valence-corrected chi connectivity index (χ2v) is 5.65. The smallest absolute Gasteiger partial charge is 0.146 e. The lowest BCUT2D eigenvalue weighted by molar-refractivity contribution is 1.31.